The second-order valence-corrected chi connectivity index (χ2v) is 4.80. The summed E-state index contributed by atoms with van der Waals surface area (Å²) in [6.07, 6.45) is 2.32. The molecular weight excluding hydrogens is 203 g/mol. The van der Waals surface area contributed by atoms with Gasteiger partial charge in [0, 0.05) is 11.5 Å². The van der Waals surface area contributed by atoms with Crippen LogP contribution in [0.25, 0.3) is 0 Å². The van der Waals surface area contributed by atoms with E-state index < -0.39 is 0 Å². The fourth-order valence-electron chi connectivity index (χ4n) is 2.45. The van der Waals surface area contributed by atoms with Gasteiger partial charge in [-0.1, -0.05) is 12.1 Å². The van der Waals surface area contributed by atoms with E-state index in [0.29, 0.717) is 12.1 Å². The van der Waals surface area contributed by atoms with Gasteiger partial charge in [0.05, 0.1) is 0 Å². The first-order valence-electron chi connectivity index (χ1n) is 5.76. The van der Waals surface area contributed by atoms with E-state index in [1.54, 1.807) is 13.0 Å². The predicted molar refractivity (Wildman–Crippen MR) is 63.7 cm³/mol. The van der Waals surface area contributed by atoms with Gasteiger partial charge in [0.2, 0.25) is 0 Å². The lowest BCUT2D eigenvalue weighted by Gasteiger charge is -2.26. The Kier molecular flexibility index (Phi) is 3.00. The minimum atomic E-state index is -0.142. The monoisotopic (exact) mass is 222 g/mol. The van der Waals surface area contributed by atoms with Crippen molar-refractivity contribution in [1.82, 2.24) is 5.32 Å². The molecule has 88 valence electrons. The number of benzene rings is 1. The smallest absolute Gasteiger partial charge is 0.126 e. The van der Waals surface area contributed by atoms with Crippen LogP contribution in [-0.2, 0) is 0 Å². The van der Waals surface area contributed by atoms with Crippen molar-refractivity contribution in [3.63, 3.8) is 0 Å². The van der Waals surface area contributed by atoms with Crippen LogP contribution in [0, 0.1) is 18.2 Å². The van der Waals surface area contributed by atoms with Crippen LogP contribution in [0.5, 0.6) is 0 Å². The number of nitrogens with one attached hydrogen (secondary N) is 1. The molecule has 0 heterocycles. The van der Waals surface area contributed by atoms with Crippen molar-refractivity contribution in [3.8, 4) is 0 Å². The topological polar surface area (TPSA) is 38.0 Å². The molecule has 1 aromatic carbocycles. The van der Waals surface area contributed by atoms with Gasteiger partial charge in [-0.3, -0.25) is 0 Å². The third-order valence-corrected chi connectivity index (χ3v) is 3.72. The molecule has 16 heavy (non-hydrogen) atoms. The molecule has 0 aromatic heterocycles. The summed E-state index contributed by atoms with van der Waals surface area (Å²) in [4.78, 5) is 0. The zero-order valence-corrected chi connectivity index (χ0v) is 9.89. The molecule has 0 bridgehead atoms. The molecule has 3 N–H and O–H groups in total. The SMILES string of the molecule is CNC(c1ccc(F)c(C)c1)C1(CN)CC1. The second-order valence-electron chi connectivity index (χ2n) is 4.80. The summed E-state index contributed by atoms with van der Waals surface area (Å²) in [6.45, 7) is 2.49. The number of nitrogens with two attached hydrogens (primary N) is 1. The molecule has 0 saturated heterocycles. The van der Waals surface area contributed by atoms with Crippen LogP contribution in [0.15, 0.2) is 18.2 Å². The van der Waals surface area contributed by atoms with E-state index in [1.165, 1.54) is 0 Å². The third kappa shape index (κ3) is 1.85. The highest BCUT2D eigenvalue weighted by Crippen LogP contribution is 2.53. The van der Waals surface area contributed by atoms with E-state index in [9.17, 15) is 4.39 Å². The van der Waals surface area contributed by atoms with Crippen molar-refractivity contribution < 1.29 is 4.39 Å². The van der Waals surface area contributed by atoms with Gasteiger partial charge in [-0.15, -0.1) is 0 Å². The second kappa shape index (κ2) is 4.15. The van der Waals surface area contributed by atoms with Crippen LogP contribution >= 0.6 is 0 Å². The Bertz CT molecular complexity index is 386. The summed E-state index contributed by atoms with van der Waals surface area (Å²) in [5.41, 5.74) is 7.87. The Labute approximate surface area is 96.0 Å². The lowest BCUT2D eigenvalue weighted by Crippen LogP contribution is -2.32. The number of hydrogen-bond donors (Lipinski definition) is 2. The Balaban J connectivity index is 2.30. The first-order valence-corrected chi connectivity index (χ1v) is 5.76. The molecule has 0 radical (unpaired) electrons. The highest BCUT2D eigenvalue weighted by Gasteiger charge is 2.48. The summed E-state index contributed by atoms with van der Waals surface area (Å²) in [5.74, 6) is -0.142. The third-order valence-electron chi connectivity index (χ3n) is 3.72. The van der Waals surface area contributed by atoms with Crippen molar-refractivity contribution in [2.75, 3.05) is 13.6 Å². The molecular formula is C13H19FN2. The van der Waals surface area contributed by atoms with Crippen LogP contribution in [-0.4, -0.2) is 13.6 Å². The van der Waals surface area contributed by atoms with Crippen molar-refractivity contribution in [1.29, 1.82) is 0 Å². The maximum Gasteiger partial charge on any atom is 0.126 e. The van der Waals surface area contributed by atoms with Gasteiger partial charge in [-0.25, -0.2) is 4.39 Å². The van der Waals surface area contributed by atoms with Crippen LogP contribution in [0.4, 0.5) is 4.39 Å². The minimum Gasteiger partial charge on any atom is -0.330 e. The molecule has 1 atom stereocenters. The number of halogens is 1. The molecule has 1 aromatic rings. The number of rotatable bonds is 4. The maximum atomic E-state index is 13.2. The Hall–Kier alpha value is -0.930. The van der Waals surface area contributed by atoms with Crippen LogP contribution in [0.1, 0.15) is 30.0 Å². The Morgan fingerprint density at radius 3 is 2.62 bits per heavy atom. The van der Waals surface area contributed by atoms with E-state index in [1.807, 2.05) is 19.2 Å². The van der Waals surface area contributed by atoms with Gasteiger partial charge in [0.25, 0.3) is 0 Å². The summed E-state index contributed by atoms with van der Waals surface area (Å²) in [6, 6.07) is 5.57. The van der Waals surface area contributed by atoms with Crippen molar-refractivity contribution in [2.45, 2.75) is 25.8 Å². The summed E-state index contributed by atoms with van der Waals surface area (Å²) < 4.78 is 13.2. The van der Waals surface area contributed by atoms with Gasteiger partial charge < -0.3 is 11.1 Å². The standard InChI is InChI=1S/C13H19FN2/c1-9-7-10(3-4-11(9)14)12(16-2)13(8-15)5-6-13/h3-4,7,12,16H,5-6,8,15H2,1-2H3. The van der Waals surface area contributed by atoms with E-state index in [-0.39, 0.29) is 17.3 Å². The molecule has 1 saturated carbocycles. The lowest BCUT2D eigenvalue weighted by molar-refractivity contribution is 0.366. The maximum absolute atomic E-state index is 13.2. The summed E-state index contributed by atoms with van der Waals surface area (Å²) >= 11 is 0. The lowest BCUT2D eigenvalue weighted by atomic mass is 9.89. The van der Waals surface area contributed by atoms with Gasteiger partial charge in [-0.2, -0.15) is 0 Å². The molecule has 1 unspecified atom stereocenters. The molecule has 1 fully saturated rings. The van der Waals surface area contributed by atoms with Gasteiger partial charge in [0.15, 0.2) is 0 Å². The fourth-order valence-corrected chi connectivity index (χ4v) is 2.45. The number of aryl methyl sites for hydroxylation is 1. The Morgan fingerprint density at radius 2 is 2.19 bits per heavy atom. The van der Waals surface area contributed by atoms with Crippen LogP contribution in [0.3, 0.4) is 0 Å². The first kappa shape index (κ1) is 11.6. The molecule has 0 spiro atoms. The summed E-state index contributed by atoms with van der Waals surface area (Å²) in [7, 11) is 1.94. The molecule has 2 rings (SSSR count). The normalized spacial score (nSPS) is 19.5. The van der Waals surface area contributed by atoms with Crippen LogP contribution in [0.2, 0.25) is 0 Å². The van der Waals surface area contributed by atoms with Crippen molar-refractivity contribution in [2.24, 2.45) is 11.1 Å². The largest absolute Gasteiger partial charge is 0.330 e. The van der Waals surface area contributed by atoms with Gasteiger partial charge >= 0.3 is 0 Å². The Morgan fingerprint density at radius 1 is 1.50 bits per heavy atom. The summed E-state index contributed by atoms with van der Waals surface area (Å²) in [5, 5.41) is 3.32. The zero-order chi connectivity index (χ0) is 11.8. The molecule has 0 aliphatic heterocycles. The van der Waals surface area contributed by atoms with Crippen molar-refractivity contribution in [3.05, 3.63) is 35.1 Å². The van der Waals surface area contributed by atoms with E-state index in [4.69, 9.17) is 5.73 Å². The highest BCUT2D eigenvalue weighted by molar-refractivity contribution is 5.29. The number of hydrogen-bond acceptors (Lipinski definition) is 2. The quantitative estimate of drug-likeness (QED) is 0.819. The molecule has 3 heteroatoms. The van der Waals surface area contributed by atoms with Crippen LogP contribution < -0.4 is 11.1 Å². The van der Waals surface area contributed by atoms with E-state index in [2.05, 4.69) is 5.32 Å². The van der Waals surface area contributed by atoms with E-state index in [0.717, 1.165) is 18.4 Å². The van der Waals surface area contributed by atoms with E-state index >= 15 is 0 Å². The average molecular weight is 222 g/mol. The van der Waals surface area contributed by atoms with Crippen molar-refractivity contribution >= 4 is 0 Å². The average Bonchev–Trinajstić information content (AvgIpc) is 3.05. The molecule has 1 aliphatic carbocycles. The molecule has 2 nitrogen and oxygen atoms in total. The fraction of sp³-hybridized carbons (Fsp3) is 0.538. The molecule has 0 amide bonds. The predicted octanol–water partition coefficient (Wildman–Crippen LogP) is 2.13. The van der Waals surface area contributed by atoms with Gasteiger partial charge in [-0.05, 0) is 50.6 Å². The van der Waals surface area contributed by atoms with Gasteiger partial charge in [0.1, 0.15) is 5.82 Å². The highest BCUT2D eigenvalue weighted by atomic mass is 19.1. The first-order chi connectivity index (χ1) is 7.63. The molecule has 1 aliphatic rings. The minimum absolute atomic E-state index is 0.142. The zero-order valence-electron chi connectivity index (χ0n) is 9.89.